The molecule has 1 unspecified atom stereocenters. The van der Waals surface area contributed by atoms with Gasteiger partial charge in [-0.05, 0) is 48.9 Å². The summed E-state index contributed by atoms with van der Waals surface area (Å²) >= 11 is 0. The molecule has 1 aliphatic carbocycles. The number of hydrogen-bond acceptors (Lipinski definition) is 0. The summed E-state index contributed by atoms with van der Waals surface area (Å²) in [5.41, 5.74) is 0.581. The van der Waals surface area contributed by atoms with Gasteiger partial charge in [0.1, 0.15) is 0 Å². The van der Waals surface area contributed by atoms with Crippen LogP contribution < -0.4 is 0 Å². The molecule has 1 saturated carbocycles. The van der Waals surface area contributed by atoms with Crippen LogP contribution in [0.1, 0.15) is 79.6 Å². The fourth-order valence-electron chi connectivity index (χ4n) is 3.64. The zero-order valence-corrected chi connectivity index (χ0v) is 12.2. The van der Waals surface area contributed by atoms with E-state index in [4.69, 9.17) is 0 Å². The molecule has 1 aliphatic rings. The first-order valence-electron chi connectivity index (χ1n) is 7.46. The summed E-state index contributed by atoms with van der Waals surface area (Å²) in [7, 11) is 0. The molecule has 0 aromatic rings. The average molecular weight is 224 g/mol. The van der Waals surface area contributed by atoms with E-state index in [-0.39, 0.29) is 0 Å². The van der Waals surface area contributed by atoms with Crippen LogP contribution >= 0.6 is 0 Å². The molecule has 0 spiro atoms. The maximum absolute atomic E-state index is 2.48. The minimum absolute atomic E-state index is 0.581. The van der Waals surface area contributed by atoms with Crippen molar-refractivity contribution in [2.45, 2.75) is 79.6 Å². The van der Waals surface area contributed by atoms with Gasteiger partial charge in [0.2, 0.25) is 0 Å². The fraction of sp³-hybridized carbons (Fsp3) is 1.00. The lowest BCUT2D eigenvalue weighted by molar-refractivity contribution is 0.106. The lowest BCUT2D eigenvalue weighted by atomic mass is 9.65. The van der Waals surface area contributed by atoms with Crippen molar-refractivity contribution in [2.24, 2.45) is 23.2 Å². The molecule has 0 saturated heterocycles. The van der Waals surface area contributed by atoms with Crippen molar-refractivity contribution in [2.75, 3.05) is 0 Å². The summed E-state index contributed by atoms with van der Waals surface area (Å²) in [4.78, 5) is 0. The van der Waals surface area contributed by atoms with Gasteiger partial charge in [-0.25, -0.2) is 0 Å². The summed E-state index contributed by atoms with van der Waals surface area (Å²) in [5, 5.41) is 0. The van der Waals surface area contributed by atoms with Crippen LogP contribution in [0.4, 0.5) is 0 Å². The Morgan fingerprint density at radius 1 is 1.12 bits per heavy atom. The van der Waals surface area contributed by atoms with E-state index in [0.29, 0.717) is 5.41 Å². The summed E-state index contributed by atoms with van der Waals surface area (Å²) in [6, 6.07) is 0. The Hall–Kier alpha value is 0. The second-order valence-electron chi connectivity index (χ2n) is 7.08. The van der Waals surface area contributed by atoms with Gasteiger partial charge in [0.05, 0.1) is 0 Å². The molecule has 0 heteroatoms. The van der Waals surface area contributed by atoms with Gasteiger partial charge in [0.25, 0.3) is 0 Å². The van der Waals surface area contributed by atoms with Crippen LogP contribution in [0.25, 0.3) is 0 Å². The Labute approximate surface area is 103 Å². The molecule has 96 valence electrons. The molecule has 1 fully saturated rings. The summed E-state index contributed by atoms with van der Waals surface area (Å²) in [6.07, 6.45) is 10.1. The predicted molar refractivity (Wildman–Crippen MR) is 73.6 cm³/mol. The van der Waals surface area contributed by atoms with E-state index in [1.165, 1.54) is 44.9 Å². The van der Waals surface area contributed by atoms with Crippen LogP contribution in [0.2, 0.25) is 0 Å². The summed E-state index contributed by atoms with van der Waals surface area (Å²) < 4.78 is 0. The van der Waals surface area contributed by atoms with Crippen molar-refractivity contribution in [1.29, 1.82) is 0 Å². The molecule has 0 radical (unpaired) electrons. The van der Waals surface area contributed by atoms with Gasteiger partial charge in [0.15, 0.2) is 0 Å². The highest BCUT2D eigenvalue weighted by molar-refractivity contribution is 4.84. The third-order valence-corrected chi connectivity index (χ3v) is 4.47. The van der Waals surface area contributed by atoms with Crippen LogP contribution in [0, 0.1) is 23.2 Å². The van der Waals surface area contributed by atoms with Crippen LogP contribution in [-0.2, 0) is 0 Å². The highest BCUT2D eigenvalue weighted by Crippen LogP contribution is 2.45. The molecule has 1 atom stereocenters. The summed E-state index contributed by atoms with van der Waals surface area (Å²) in [6.45, 7) is 12.0. The maximum atomic E-state index is 2.48. The van der Waals surface area contributed by atoms with E-state index in [9.17, 15) is 0 Å². The molecule has 0 bridgehead atoms. The molecule has 0 heterocycles. The predicted octanol–water partition coefficient (Wildman–Crippen LogP) is 5.67. The Kier molecular flexibility index (Phi) is 5.34. The third-order valence-electron chi connectivity index (χ3n) is 4.47. The molecule has 0 aromatic carbocycles. The van der Waals surface area contributed by atoms with E-state index in [0.717, 1.165) is 17.8 Å². The SMILES string of the molecule is CCCC1CC(CC(C)(C)CC(C)CC)C1. The van der Waals surface area contributed by atoms with E-state index < -0.39 is 0 Å². The second-order valence-corrected chi connectivity index (χ2v) is 7.08. The van der Waals surface area contributed by atoms with Crippen LogP contribution in [0.3, 0.4) is 0 Å². The van der Waals surface area contributed by atoms with Crippen LogP contribution in [-0.4, -0.2) is 0 Å². The first-order valence-corrected chi connectivity index (χ1v) is 7.46. The largest absolute Gasteiger partial charge is 0.0654 e. The zero-order valence-electron chi connectivity index (χ0n) is 12.2. The standard InChI is InChI=1S/C16H32/c1-6-8-14-9-15(10-14)12-16(4,5)11-13(3)7-2/h13-15H,6-12H2,1-5H3. The minimum atomic E-state index is 0.581. The highest BCUT2D eigenvalue weighted by atomic mass is 14.4. The van der Waals surface area contributed by atoms with Gasteiger partial charge in [-0.1, -0.05) is 53.9 Å². The smallest absolute Gasteiger partial charge is 0.0349 e. The molecule has 16 heavy (non-hydrogen) atoms. The third kappa shape index (κ3) is 4.47. The van der Waals surface area contributed by atoms with Crippen molar-refractivity contribution in [3.8, 4) is 0 Å². The highest BCUT2D eigenvalue weighted by Gasteiger charge is 2.33. The van der Waals surface area contributed by atoms with Crippen LogP contribution in [0.5, 0.6) is 0 Å². The van der Waals surface area contributed by atoms with Crippen molar-refractivity contribution < 1.29 is 0 Å². The average Bonchev–Trinajstić information content (AvgIpc) is 2.13. The topological polar surface area (TPSA) is 0 Å². The maximum Gasteiger partial charge on any atom is -0.0349 e. The van der Waals surface area contributed by atoms with E-state index in [1.54, 1.807) is 0 Å². The Morgan fingerprint density at radius 2 is 1.75 bits per heavy atom. The monoisotopic (exact) mass is 224 g/mol. The van der Waals surface area contributed by atoms with E-state index in [1.807, 2.05) is 0 Å². The molecule has 0 N–H and O–H groups in total. The molecular formula is C16H32. The van der Waals surface area contributed by atoms with Gasteiger partial charge in [0, 0.05) is 0 Å². The van der Waals surface area contributed by atoms with Crippen molar-refractivity contribution in [3.63, 3.8) is 0 Å². The van der Waals surface area contributed by atoms with Gasteiger partial charge in [-0.2, -0.15) is 0 Å². The Morgan fingerprint density at radius 3 is 2.25 bits per heavy atom. The Balaban J connectivity index is 2.21. The normalized spacial score (nSPS) is 27.6. The molecule has 0 amide bonds. The molecule has 0 aliphatic heterocycles. The molecule has 0 aromatic heterocycles. The Bertz CT molecular complexity index is 186. The molecule has 0 nitrogen and oxygen atoms in total. The van der Waals surface area contributed by atoms with Gasteiger partial charge < -0.3 is 0 Å². The molecular weight excluding hydrogens is 192 g/mol. The lowest BCUT2D eigenvalue weighted by Crippen LogP contribution is -2.29. The first-order chi connectivity index (χ1) is 7.46. The number of hydrogen-bond donors (Lipinski definition) is 0. The van der Waals surface area contributed by atoms with E-state index >= 15 is 0 Å². The zero-order chi connectivity index (χ0) is 12.2. The minimum Gasteiger partial charge on any atom is -0.0654 e. The fourth-order valence-corrected chi connectivity index (χ4v) is 3.64. The first kappa shape index (κ1) is 14.1. The molecule has 1 rings (SSSR count). The van der Waals surface area contributed by atoms with Gasteiger partial charge in [-0.3, -0.25) is 0 Å². The van der Waals surface area contributed by atoms with Crippen molar-refractivity contribution >= 4 is 0 Å². The summed E-state index contributed by atoms with van der Waals surface area (Å²) in [5.74, 6) is 3.03. The van der Waals surface area contributed by atoms with Gasteiger partial charge >= 0.3 is 0 Å². The number of rotatable bonds is 7. The van der Waals surface area contributed by atoms with Crippen molar-refractivity contribution in [1.82, 2.24) is 0 Å². The lowest BCUT2D eigenvalue weighted by Gasteiger charge is -2.41. The van der Waals surface area contributed by atoms with Gasteiger partial charge in [-0.15, -0.1) is 0 Å². The van der Waals surface area contributed by atoms with Crippen LogP contribution in [0.15, 0.2) is 0 Å². The van der Waals surface area contributed by atoms with E-state index in [2.05, 4.69) is 34.6 Å². The second kappa shape index (κ2) is 6.07. The quantitative estimate of drug-likeness (QED) is 0.523. The van der Waals surface area contributed by atoms with Crippen molar-refractivity contribution in [3.05, 3.63) is 0 Å².